The van der Waals surface area contributed by atoms with Crippen LogP contribution in [0.2, 0.25) is 0 Å². The van der Waals surface area contributed by atoms with Crippen molar-refractivity contribution in [3.8, 4) is 0 Å². The predicted octanol–water partition coefficient (Wildman–Crippen LogP) is 2.04. The summed E-state index contributed by atoms with van der Waals surface area (Å²) in [6, 6.07) is 6.46. The van der Waals surface area contributed by atoms with Gasteiger partial charge in [0.25, 0.3) is 0 Å². The third kappa shape index (κ3) is 9.76. The van der Waals surface area contributed by atoms with Crippen molar-refractivity contribution < 1.29 is 24.0 Å². The molecule has 1 heterocycles. The lowest BCUT2D eigenvalue weighted by molar-refractivity contribution is -0.139. The quantitative estimate of drug-likeness (QED) is 0.151. The molecule has 8 N–H and O–H groups in total. The normalized spacial score (nSPS) is 24.9. The first kappa shape index (κ1) is 35.5. The van der Waals surface area contributed by atoms with E-state index in [1.165, 1.54) is 0 Å². The van der Waals surface area contributed by atoms with E-state index < -0.39 is 34.9 Å². The Bertz CT molecular complexity index is 1250. The molecule has 2 aliphatic rings. The standard InChI is InChI=1S/C33H51N7O5/c1-21(2)27(42)39-32(4)15-7-8-18-36-29(44)26(23-13-11-22(3)12-14-23)38-30(45)33(16-5-6-17-33)40-28(43)24(20-25(32)41)10-9-19-37-31(34)35/h11-14,21,24,26H,5-10,15-20H2,1-4H3,(H,36,44)(H,38,45)(H,39,42)(H,40,43)(H4,34,35,37)/t24-,26-,32-/m1/s1. The second kappa shape index (κ2) is 15.9. The molecule has 1 aromatic rings. The number of nitrogens with two attached hydrogens (primary N) is 2. The first-order chi connectivity index (χ1) is 21.3. The van der Waals surface area contributed by atoms with Crippen LogP contribution in [-0.2, 0) is 24.0 Å². The van der Waals surface area contributed by atoms with E-state index in [2.05, 4.69) is 26.3 Å². The lowest BCUT2D eigenvalue weighted by Crippen LogP contribution is -2.60. The van der Waals surface area contributed by atoms with Gasteiger partial charge in [-0.25, -0.2) is 0 Å². The van der Waals surface area contributed by atoms with E-state index >= 15 is 0 Å². The van der Waals surface area contributed by atoms with Crippen LogP contribution in [0.4, 0.5) is 0 Å². The molecule has 45 heavy (non-hydrogen) atoms. The van der Waals surface area contributed by atoms with Crippen LogP contribution in [0.15, 0.2) is 29.3 Å². The van der Waals surface area contributed by atoms with Crippen LogP contribution in [0.1, 0.15) is 102 Å². The number of guanidine groups is 1. The third-order valence-electron chi connectivity index (χ3n) is 8.95. The molecular formula is C33H51N7O5. The van der Waals surface area contributed by atoms with Gasteiger partial charge in [-0.05, 0) is 64.4 Å². The highest BCUT2D eigenvalue weighted by Gasteiger charge is 2.46. The van der Waals surface area contributed by atoms with Crippen molar-refractivity contribution in [1.82, 2.24) is 21.3 Å². The highest BCUT2D eigenvalue weighted by Crippen LogP contribution is 2.32. The van der Waals surface area contributed by atoms with Gasteiger partial charge < -0.3 is 32.7 Å². The number of hydrogen-bond donors (Lipinski definition) is 6. The average molecular weight is 626 g/mol. The van der Waals surface area contributed by atoms with Crippen LogP contribution in [0.3, 0.4) is 0 Å². The van der Waals surface area contributed by atoms with Crippen LogP contribution < -0.4 is 32.7 Å². The average Bonchev–Trinajstić information content (AvgIpc) is 3.46. The van der Waals surface area contributed by atoms with Crippen molar-refractivity contribution in [2.75, 3.05) is 13.1 Å². The fraction of sp³-hybridized carbons (Fsp3) is 0.636. The topological polar surface area (TPSA) is 198 Å². The van der Waals surface area contributed by atoms with Crippen molar-refractivity contribution >= 4 is 35.4 Å². The lowest BCUT2D eigenvalue weighted by Gasteiger charge is -2.34. The first-order valence-corrected chi connectivity index (χ1v) is 16.1. The van der Waals surface area contributed by atoms with Gasteiger partial charge in [0.05, 0.1) is 5.54 Å². The summed E-state index contributed by atoms with van der Waals surface area (Å²) in [7, 11) is 0. The van der Waals surface area contributed by atoms with Crippen molar-refractivity contribution in [2.45, 2.75) is 109 Å². The number of nitrogens with zero attached hydrogens (tertiary/aromatic N) is 1. The largest absolute Gasteiger partial charge is 0.370 e. The van der Waals surface area contributed by atoms with Crippen LogP contribution in [0.5, 0.6) is 0 Å². The Morgan fingerprint density at radius 3 is 2.27 bits per heavy atom. The zero-order valence-corrected chi connectivity index (χ0v) is 27.2. The minimum absolute atomic E-state index is 0.0637. The molecule has 0 aromatic heterocycles. The first-order valence-electron chi connectivity index (χ1n) is 16.1. The molecule has 1 aromatic carbocycles. The fourth-order valence-corrected chi connectivity index (χ4v) is 5.98. The van der Waals surface area contributed by atoms with Crippen molar-refractivity contribution in [3.05, 3.63) is 35.4 Å². The van der Waals surface area contributed by atoms with E-state index in [4.69, 9.17) is 11.5 Å². The molecule has 248 valence electrons. The van der Waals surface area contributed by atoms with E-state index in [0.29, 0.717) is 57.1 Å². The smallest absolute Gasteiger partial charge is 0.247 e. The summed E-state index contributed by atoms with van der Waals surface area (Å²) in [6.07, 6.45) is 4.30. The van der Waals surface area contributed by atoms with E-state index in [-0.39, 0.29) is 42.4 Å². The Morgan fingerprint density at radius 2 is 1.64 bits per heavy atom. The molecule has 0 unspecified atom stereocenters. The molecule has 0 bridgehead atoms. The van der Waals surface area contributed by atoms with Gasteiger partial charge in [-0.15, -0.1) is 0 Å². The number of ketones is 1. The Morgan fingerprint density at radius 1 is 1.00 bits per heavy atom. The fourth-order valence-electron chi connectivity index (χ4n) is 5.98. The zero-order chi connectivity index (χ0) is 33.2. The van der Waals surface area contributed by atoms with E-state index in [9.17, 15) is 24.0 Å². The molecule has 0 radical (unpaired) electrons. The molecule has 1 aliphatic heterocycles. The molecule has 3 atom stereocenters. The number of carbonyl (C=O) groups is 5. The maximum absolute atomic E-state index is 14.0. The van der Waals surface area contributed by atoms with Gasteiger partial charge in [0, 0.05) is 31.3 Å². The molecule has 1 spiro atoms. The number of nitrogens with one attached hydrogen (secondary N) is 4. The summed E-state index contributed by atoms with van der Waals surface area (Å²) in [6.45, 7) is 7.76. The molecule has 12 heteroatoms. The van der Waals surface area contributed by atoms with E-state index in [0.717, 1.165) is 18.4 Å². The van der Waals surface area contributed by atoms with Gasteiger partial charge in [0.1, 0.15) is 11.6 Å². The minimum Gasteiger partial charge on any atom is -0.370 e. The molecule has 3 rings (SSSR count). The second-order valence-corrected chi connectivity index (χ2v) is 13.1. The second-order valence-electron chi connectivity index (χ2n) is 13.1. The maximum atomic E-state index is 14.0. The summed E-state index contributed by atoms with van der Waals surface area (Å²) in [5.41, 5.74) is 10.2. The van der Waals surface area contributed by atoms with Gasteiger partial charge >= 0.3 is 0 Å². The van der Waals surface area contributed by atoms with Gasteiger partial charge in [0.15, 0.2) is 11.7 Å². The number of hydrogen-bond acceptors (Lipinski definition) is 6. The number of amides is 4. The monoisotopic (exact) mass is 625 g/mol. The minimum atomic E-state index is -1.23. The van der Waals surface area contributed by atoms with Crippen molar-refractivity contribution in [3.63, 3.8) is 0 Å². The summed E-state index contributed by atoms with van der Waals surface area (Å²) >= 11 is 0. The van der Waals surface area contributed by atoms with E-state index in [1.54, 1.807) is 20.8 Å². The van der Waals surface area contributed by atoms with Gasteiger partial charge in [-0.3, -0.25) is 29.0 Å². The molecule has 1 saturated heterocycles. The molecule has 12 nitrogen and oxygen atoms in total. The van der Waals surface area contributed by atoms with E-state index in [1.807, 2.05) is 31.2 Å². The van der Waals surface area contributed by atoms with Crippen LogP contribution >= 0.6 is 0 Å². The number of benzene rings is 1. The predicted molar refractivity (Wildman–Crippen MR) is 173 cm³/mol. The summed E-state index contributed by atoms with van der Waals surface area (Å²) in [5.74, 6) is -2.92. The van der Waals surface area contributed by atoms with Gasteiger partial charge in [-0.2, -0.15) is 0 Å². The number of aryl methyl sites for hydroxylation is 1. The number of carbonyl (C=O) groups excluding carboxylic acids is 5. The van der Waals surface area contributed by atoms with Gasteiger partial charge in [0.2, 0.25) is 23.6 Å². The Balaban J connectivity index is 1.99. The molecule has 1 saturated carbocycles. The Labute approximate surface area is 266 Å². The highest BCUT2D eigenvalue weighted by atomic mass is 16.2. The van der Waals surface area contributed by atoms with Crippen LogP contribution in [-0.4, -0.2) is 59.5 Å². The summed E-state index contributed by atoms with van der Waals surface area (Å²) in [4.78, 5) is 72.2. The molecule has 1 aliphatic carbocycles. The Kier molecular flexibility index (Phi) is 12.5. The van der Waals surface area contributed by atoms with Gasteiger partial charge in [-0.1, -0.05) is 56.5 Å². The number of rotatable bonds is 7. The molecule has 4 amide bonds. The summed E-state index contributed by atoms with van der Waals surface area (Å²) in [5, 5.41) is 11.8. The lowest BCUT2D eigenvalue weighted by atomic mass is 9.82. The third-order valence-corrected chi connectivity index (χ3v) is 8.95. The van der Waals surface area contributed by atoms with Crippen LogP contribution in [0.25, 0.3) is 0 Å². The Hall–Kier alpha value is -3.96. The maximum Gasteiger partial charge on any atom is 0.247 e. The molecular weight excluding hydrogens is 574 g/mol. The van der Waals surface area contributed by atoms with Crippen molar-refractivity contribution in [2.24, 2.45) is 28.3 Å². The zero-order valence-electron chi connectivity index (χ0n) is 27.2. The summed E-state index contributed by atoms with van der Waals surface area (Å²) < 4.78 is 0. The van der Waals surface area contributed by atoms with Crippen molar-refractivity contribution in [1.29, 1.82) is 0 Å². The number of aliphatic imine (C=N–C) groups is 1. The highest BCUT2D eigenvalue weighted by molar-refractivity contribution is 5.98. The van der Waals surface area contributed by atoms with Crippen LogP contribution in [0, 0.1) is 18.8 Å². The number of Topliss-reactive ketones (excluding diaryl/α,β-unsaturated/α-hetero) is 1. The SMILES string of the molecule is Cc1ccc([C@H]2NC(=O)C3(CCCC3)NC(=O)[C@H](CCCN=C(N)N)CC(=O)[C@](C)(NC(=O)C(C)C)CCCCNC2=O)cc1. The molecule has 2 fully saturated rings.